The Morgan fingerprint density at radius 3 is 2.78 bits per heavy atom. The maximum absolute atomic E-state index is 9.62. The van der Waals surface area contributed by atoms with Gasteiger partial charge in [0.05, 0.1) is 6.07 Å². The van der Waals surface area contributed by atoms with Crippen molar-refractivity contribution in [1.82, 2.24) is 0 Å². The highest BCUT2D eigenvalue weighted by atomic mass is 15.0. The molecule has 0 saturated heterocycles. The van der Waals surface area contributed by atoms with E-state index in [0.29, 0.717) is 5.92 Å². The van der Waals surface area contributed by atoms with Crippen LogP contribution < -0.4 is 5.32 Å². The number of anilines is 1. The first-order chi connectivity index (χ1) is 8.55. The van der Waals surface area contributed by atoms with E-state index in [1.807, 2.05) is 6.07 Å². The maximum Gasteiger partial charge on any atom is 0.127 e. The molecule has 1 aromatic carbocycles. The number of aryl methyl sites for hydroxylation is 1. The van der Waals surface area contributed by atoms with E-state index in [2.05, 4.69) is 50.4 Å². The molecule has 1 aliphatic rings. The fourth-order valence-electron chi connectivity index (χ4n) is 3.00. The summed E-state index contributed by atoms with van der Waals surface area (Å²) >= 11 is 0. The van der Waals surface area contributed by atoms with Gasteiger partial charge in [0, 0.05) is 5.69 Å². The monoisotopic (exact) mass is 242 g/mol. The molecule has 2 nitrogen and oxygen atoms in total. The number of rotatable bonds is 2. The summed E-state index contributed by atoms with van der Waals surface area (Å²) in [7, 11) is 0. The molecule has 0 radical (unpaired) electrons. The van der Waals surface area contributed by atoms with Gasteiger partial charge in [0.2, 0.25) is 0 Å². The number of hydrogen-bond donors (Lipinski definition) is 1. The lowest BCUT2D eigenvalue weighted by molar-refractivity contribution is 0.229. The highest BCUT2D eigenvalue weighted by Gasteiger charge is 2.40. The Balaban J connectivity index is 2.21. The lowest BCUT2D eigenvalue weighted by Crippen LogP contribution is -2.46. The van der Waals surface area contributed by atoms with Crippen LogP contribution >= 0.6 is 0 Å². The minimum atomic E-state index is -0.389. The molecule has 0 amide bonds. The van der Waals surface area contributed by atoms with Crippen molar-refractivity contribution < 1.29 is 0 Å². The molecule has 0 aliphatic heterocycles. The Labute approximate surface area is 110 Å². The Hall–Kier alpha value is -1.49. The maximum atomic E-state index is 9.62. The highest BCUT2D eigenvalue weighted by Crippen LogP contribution is 2.38. The molecular weight excluding hydrogens is 220 g/mol. The summed E-state index contributed by atoms with van der Waals surface area (Å²) in [6.45, 7) is 6.56. The molecule has 3 atom stereocenters. The smallest absolute Gasteiger partial charge is 0.127 e. The first-order valence-corrected chi connectivity index (χ1v) is 6.82. The molecule has 2 heteroatoms. The van der Waals surface area contributed by atoms with Crippen LogP contribution in [0.3, 0.4) is 0 Å². The second kappa shape index (κ2) is 5.02. The third kappa shape index (κ3) is 2.51. The van der Waals surface area contributed by atoms with Gasteiger partial charge in [-0.25, -0.2) is 0 Å². The van der Waals surface area contributed by atoms with Crippen molar-refractivity contribution in [1.29, 1.82) is 5.26 Å². The van der Waals surface area contributed by atoms with Crippen LogP contribution in [0.5, 0.6) is 0 Å². The van der Waals surface area contributed by atoms with Crippen LogP contribution in [0.1, 0.15) is 38.7 Å². The molecule has 0 spiro atoms. The van der Waals surface area contributed by atoms with Gasteiger partial charge < -0.3 is 5.32 Å². The summed E-state index contributed by atoms with van der Waals surface area (Å²) in [6.07, 6.45) is 3.21. The molecule has 1 fully saturated rings. The summed E-state index contributed by atoms with van der Waals surface area (Å²) in [4.78, 5) is 0. The van der Waals surface area contributed by atoms with Crippen molar-refractivity contribution in [2.75, 3.05) is 5.32 Å². The Kier molecular flexibility index (Phi) is 3.61. The van der Waals surface area contributed by atoms with Gasteiger partial charge in [0.1, 0.15) is 5.54 Å². The van der Waals surface area contributed by atoms with Crippen molar-refractivity contribution in [2.24, 2.45) is 11.8 Å². The van der Waals surface area contributed by atoms with Crippen LogP contribution in [0.25, 0.3) is 0 Å². The second-order valence-electron chi connectivity index (χ2n) is 5.86. The number of benzene rings is 1. The van der Waals surface area contributed by atoms with Crippen molar-refractivity contribution in [2.45, 2.75) is 45.6 Å². The quantitative estimate of drug-likeness (QED) is 0.846. The van der Waals surface area contributed by atoms with Crippen LogP contribution in [-0.2, 0) is 0 Å². The third-order valence-corrected chi connectivity index (χ3v) is 4.21. The van der Waals surface area contributed by atoms with E-state index in [0.717, 1.165) is 30.9 Å². The van der Waals surface area contributed by atoms with E-state index in [-0.39, 0.29) is 5.54 Å². The zero-order valence-electron chi connectivity index (χ0n) is 11.5. The Morgan fingerprint density at radius 2 is 2.17 bits per heavy atom. The lowest BCUT2D eigenvalue weighted by atomic mass is 9.70. The van der Waals surface area contributed by atoms with Crippen molar-refractivity contribution >= 4 is 5.69 Å². The van der Waals surface area contributed by atoms with Gasteiger partial charge in [0.15, 0.2) is 0 Å². The predicted octanol–water partition coefficient (Wildman–Crippen LogP) is 4.13. The van der Waals surface area contributed by atoms with E-state index >= 15 is 0 Å². The lowest BCUT2D eigenvalue weighted by Gasteiger charge is -2.40. The summed E-state index contributed by atoms with van der Waals surface area (Å²) in [5.74, 6) is 1.13. The van der Waals surface area contributed by atoms with Gasteiger partial charge in [0.25, 0.3) is 0 Å². The molecule has 1 N–H and O–H groups in total. The van der Waals surface area contributed by atoms with E-state index in [9.17, 15) is 5.26 Å². The minimum Gasteiger partial charge on any atom is -0.367 e. The summed E-state index contributed by atoms with van der Waals surface area (Å²) in [6, 6.07) is 10.8. The van der Waals surface area contributed by atoms with E-state index in [1.165, 1.54) is 5.56 Å². The van der Waals surface area contributed by atoms with Crippen LogP contribution in [-0.4, -0.2) is 5.54 Å². The zero-order valence-corrected chi connectivity index (χ0v) is 11.5. The molecule has 3 unspecified atom stereocenters. The predicted molar refractivity (Wildman–Crippen MR) is 75.3 cm³/mol. The summed E-state index contributed by atoms with van der Waals surface area (Å²) in [5, 5.41) is 13.1. The van der Waals surface area contributed by atoms with Gasteiger partial charge >= 0.3 is 0 Å². The summed E-state index contributed by atoms with van der Waals surface area (Å²) in [5.41, 5.74) is 1.91. The Morgan fingerprint density at radius 1 is 1.39 bits per heavy atom. The van der Waals surface area contributed by atoms with E-state index < -0.39 is 0 Å². The molecule has 0 bridgehead atoms. The average Bonchev–Trinajstić information content (AvgIpc) is 2.33. The molecule has 96 valence electrons. The SMILES string of the molecule is Cc1cccc(NC2(C#N)CCC(C)CC2C)c1. The zero-order chi connectivity index (χ0) is 13.2. The van der Waals surface area contributed by atoms with Crippen LogP contribution in [0, 0.1) is 30.1 Å². The molecule has 1 aromatic rings. The minimum absolute atomic E-state index is 0.389. The standard InChI is InChI=1S/C16H22N2/c1-12-5-4-6-15(10-12)18-16(11-17)8-7-13(2)9-14(16)3/h4-6,10,13-14,18H,7-9H2,1-3H3. The van der Waals surface area contributed by atoms with Gasteiger partial charge in [-0.15, -0.1) is 0 Å². The Bertz CT molecular complexity index is 460. The summed E-state index contributed by atoms with van der Waals surface area (Å²) < 4.78 is 0. The molecule has 2 rings (SSSR count). The highest BCUT2D eigenvalue weighted by molar-refractivity contribution is 5.50. The van der Waals surface area contributed by atoms with Gasteiger partial charge in [-0.05, 0) is 55.7 Å². The van der Waals surface area contributed by atoms with Gasteiger partial charge in [-0.3, -0.25) is 0 Å². The number of hydrogen-bond acceptors (Lipinski definition) is 2. The second-order valence-corrected chi connectivity index (χ2v) is 5.86. The van der Waals surface area contributed by atoms with Crippen molar-refractivity contribution in [3.05, 3.63) is 29.8 Å². The number of nitrogens with one attached hydrogen (secondary N) is 1. The average molecular weight is 242 g/mol. The fraction of sp³-hybridized carbons (Fsp3) is 0.562. The molecule has 1 aliphatic carbocycles. The normalized spacial score (nSPS) is 31.7. The van der Waals surface area contributed by atoms with Crippen molar-refractivity contribution in [3.63, 3.8) is 0 Å². The molecule has 1 saturated carbocycles. The first kappa shape index (κ1) is 13.0. The van der Waals surface area contributed by atoms with Gasteiger partial charge in [-0.2, -0.15) is 5.26 Å². The molecule has 18 heavy (non-hydrogen) atoms. The van der Waals surface area contributed by atoms with Crippen LogP contribution in [0.2, 0.25) is 0 Å². The van der Waals surface area contributed by atoms with Gasteiger partial charge in [-0.1, -0.05) is 26.0 Å². The molecular formula is C16H22N2. The number of nitrogens with zero attached hydrogens (tertiary/aromatic N) is 1. The van der Waals surface area contributed by atoms with Crippen molar-refractivity contribution in [3.8, 4) is 6.07 Å². The number of nitriles is 1. The van der Waals surface area contributed by atoms with E-state index in [4.69, 9.17) is 0 Å². The van der Waals surface area contributed by atoms with Crippen LogP contribution in [0.4, 0.5) is 5.69 Å². The van der Waals surface area contributed by atoms with Crippen LogP contribution in [0.15, 0.2) is 24.3 Å². The molecule has 0 aromatic heterocycles. The third-order valence-electron chi connectivity index (χ3n) is 4.21. The fourth-order valence-corrected chi connectivity index (χ4v) is 3.00. The topological polar surface area (TPSA) is 35.8 Å². The first-order valence-electron chi connectivity index (χ1n) is 6.82. The van der Waals surface area contributed by atoms with E-state index in [1.54, 1.807) is 0 Å². The molecule has 0 heterocycles. The largest absolute Gasteiger partial charge is 0.367 e.